The van der Waals surface area contributed by atoms with Crippen LogP contribution in [0.1, 0.15) is 84.5 Å². The van der Waals surface area contributed by atoms with Gasteiger partial charge in [-0.25, -0.2) is 0 Å². The van der Waals surface area contributed by atoms with Crippen molar-refractivity contribution in [3.63, 3.8) is 0 Å². The summed E-state index contributed by atoms with van der Waals surface area (Å²) in [5.74, 6) is 1.02. The Hall–Kier alpha value is 0.0200. The van der Waals surface area contributed by atoms with E-state index in [0.717, 1.165) is 5.75 Å². The molecule has 0 fully saturated rings. The molecule has 0 saturated heterocycles. The van der Waals surface area contributed by atoms with Crippen LogP contribution in [0.25, 0.3) is 0 Å². The van der Waals surface area contributed by atoms with Gasteiger partial charge < -0.3 is 0 Å². The van der Waals surface area contributed by atoms with Crippen molar-refractivity contribution in [1.29, 1.82) is 0 Å². The number of hydrogen-bond acceptors (Lipinski definition) is 2. The summed E-state index contributed by atoms with van der Waals surface area (Å²) in [6.45, 7) is 3.92. The van der Waals surface area contributed by atoms with E-state index in [0.29, 0.717) is 0 Å². The fraction of sp³-hybridized carbons (Fsp3) is 0.933. The molecule has 2 heteroatoms. The minimum atomic E-state index is 0.261. The Bertz CT molecular complexity index is 168. The molecule has 0 aliphatic carbocycles. The number of carbonyl (C=O) groups excluding carboxylic acids is 1. The highest BCUT2D eigenvalue weighted by Gasteiger charge is 1.95. The lowest BCUT2D eigenvalue weighted by molar-refractivity contribution is -0.109. The zero-order chi connectivity index (χ0) is 12.8. The van der Waals surface area contributed by atoms with E-state index in [-0.39, 0.29) is 5.12 Å². The fourth-order valence-electron chi connectivity index (χ4n) is 1.98. The molecule has 0 aromatic carbocycles. The summed E-state index contributed by atoms with van der Waals surface area (Å²) < 4.78 is 0. The van der Waals surface area contributed by atoms with Gasteiger partial charge in [-0.2, -0.15) is 0 Å². The van der Waals surface area contributed by atoms with Crippen LogP contribution < -0.4 is 0 Å². The molecule has 102 valence electrons. The summed E-state index contributed by atoms with van der Waals surface area (Å²) in [7, 11) is 0. The fourth-order valence-corrected chi connectivity index (χ4v) is 2.62. The molecule has 0 amide bonds. The monoisotopic (exact) mass is 258 g/mol. The third-order valence-electron chi connectivity index (χ3n) is 3.05. The first-order valence-electron chi connectivity index (χ1n) is 7.40. The van der Waals surface area contributed by atoms with Gasteiger partial charge in [-0.05, 0) is 6.42 Å². The highest BCUT2D eigenvalue weighted by atomic mass is 32.2. The van der Waals surface area contributed by atoms with Crippen molar-refractivity contribution in [1.82, 2.24) is 0 Å². The van der Waals surface area contributed by atoms with E-state index < -0.39 is 0 Å². The lowest BCUT2D eigenvalue weighted by Crippen LogP contribution is -1.87. The van der Waals surface area contributed by atoms with Crippen LogP contribution in [0.2, 0.25) is 0 Å². The van der Waals surface area contributed by atoms with E-state index in [1.807, 2.05) is 0 Å². The zero-order valence-electron chi connectivity index (χ0n) is 11.8. The van der Waals surface area contributed by atoms with Crippen molar-refractivity contribution >= 4 is 16.9 Å². The topological polar surface area (TPSA) is 17.1 Å². The molecule has 0 saturated carbocycles. The smallest absolute Gasteiger partial charge is 0.185 e. The van der Waals surface area contributed by atoms with Crippen molar-refractivity contribution in [2.24, 2.45) is 0 Å². The number of unbranched alkanes of at least 4 members (excludes halogenated alkanes) is 10. The number of thioether (sulfide) groups is 1. The number of rotatable bonds is 12. The lowest BCUT2D eigenvalue weighted by atomic mass is 10.1. The van der Waals surface area contributed by atoms with Crippen LogP contribution in [0, 0.1) is 0 Å². The summed E-state index contributed by atoms with van der Waals surface area (Å²) in [4.78, 5) is 10.7. The van der Waals surface area contributed by atoms with Gasteiger partial charge in [-0.3, -0.25) is 4.79 Å². The summed E-state index contributed by atoms with van der Waals surface area (Å²) in [5.41, 5.74) is 0. The Morgan fingerprint density at radius 2 is 1.18 bits per heavy atom. The van der Waals surface area contributed by atoms with E-state index in [1.165, 1.54) is 82.4 Å². The first-order valence-corrected chi connectivity index (χ1v) is 8.39. The van der Waals surface area contributed by atoms with Crippen molar-refractivity contribution in [2.45, 2.75) is 84.5 Å². The van der Waals surface area contributed by atoms with Gasteiger partial charge in [0.2, 0.25) is 0 Å². The SMILES string of the molecule is CCCCCCCCCCCCCSC(C)=O. The van der Waals surface area contributed by atoms with Crippen molar-refractivity contribution in [3.05, 3.63) is 0 Å². The van der Waals surface area contributed by atoms with Gasteiger partial charge in [0, 0.05) is 12.7 Å². The van der Waals surface area contributed by atoms with E-state index in [2.05, 4.69) is 6.92 Å². The molecule has 0 atom stereocenters. The van der Waals surface area contributed by atoms with Crippen LogP contribution in [0.3, 0.4) is 0 Å². The molecule has 0 aromatic rings. The minimum Gasteiger partial charge on any atom is -0.288 e. The van der Waals surface area contributed by atoms with E-state index in [9.17, 15) is 4.79 Å². The second-order valence-corrected chi connectivity index (χ2v) is 6.15. The molecule has 0 rings (SSSR count). The third-order valence-corrected chi connectivity index (χ3v) is 3.95. The highest BCUT2D eigenvalue weighted by Crippen LogP contribution is 2.12. The molecule has 0 spiro atoms. The van der Waals surface area contributed by atoms with E-state index in [1.54, 1.807) is 6.92 Å². The van der Waals surface area contributed by atoms with Crippen molar-refractivity contribution in [2.75, 3.05) is 5.75 Å². The van der Waals surface area contributed by atoms with E-state index >= 15 is 0 Å². The Labute approximate surface area is 112 Å². The van der Waals surface area contributed by atoms with Crippen LogP contribution in [0.15, 0.2) is 0 Å². The standard InChI is InChI=1S/C15H30OS/c1-3-4-5-6-7-8-9-10-11-12-13-14-17-15(2)16/h3-14H2,1-2H3. The molecule has 0 heterocycles. The number of hydrogen-bond donors (Lipinski definition) is 0. The first-order chi connectivity index (χ1) is 8.27. The Balaban J connectivity index is 2.91. The average Bonchev–Trinajstić information content (AvgIpc) is 2.30. The Morgan fingerprint density at radius 3 is 1.59 bits per heavy atom. The largest absolute Gasteiger partial charge is 0.288 e. The van der Waals surface area contributed by atoms with Gasteiger partial charge >= 0.3 is 0 Å². The van der Waals surface area contributed by atoms with Gasteiger partial charge in [0.05, 0.1) is 0 Å². The Morgan fingerprint density at radius 1 is 0.765 bits per heavy atom. The molecule has 0 N–H and O–H groups in total. The summed E-state index contributed by atoms with van der Waals surface area (Å²) >= 11 is 1.47. The predicted molar refractivity (Wildman–Crippen MR) is 79.6 cm³/mol. The molecule has 0 radical (unpaired) electrons. The maximum atomic E-state index is 10.7. The maximum absolute atomic E-state index is 10.7. The average molecular weight is 258 g/mol. The summed E-state index contributed by atoms with van der Waals surface area (Å²) in [5, 5.41) is 0.261. The molecule has 17 heavy (non-hydrogen) atoms. The van der Waals surface area contributed by atoms with Crippen LogP contribution in [0.5, 0.6) is 0 Å². The van der Waals surface area contributed by atoms with Gasteiger partial charge in [0.15, 0.2) is 5.12 Å². The quantitative estimate of drug-likeness (QED) is 0.425. The maximum Gasteiger partial charge on any atom is 0.185 e. The van der Waals surface area contributed by atoms with Crippen LogP contribution >= 0.6 is 11.8 Å². The summed E-state index contributed by atoms with van der Waals surface area (Å²) in [6, 6.07) is 0. The molecule has 0 aliphatic heterocycles. The molecule has 0 bridgehead atoms. The van der Waals surface area contributed by atoms with Crippen LogP contribution in [0.4, 0.5) is 0 Å². The van der Waals surface area contributed by atoms with Crippen LogP contribution in [-0.2, 0) is 4.79 Å². The normalized spacial score (nSPS) is 10.7. The third kappa shape index (κ3) is 16.0. The molecule has 0 aromatic heterocycles. The van der Waals surface area contributed by atoms with Crippen molar-refractivity contribution < 1.29 is 4.79 Å². The second kappa shape index (κ2) is 14.1. The van der Waals surface area contributed by atoms with Gasteiger partial charge in [0.25, 0.3) is 0 Å². The number of carbonyl (C=O) groups is 1. The lowest BCUT2D eigenvalue weighted by Gasteiger charge is -2.02. The molecule has 0 unspecified atom stereocenters. The van der Waals surface area contributed by atoms with Gasteiger partial charge in [-0.15, -0.1) is 0 Å². The molecular formula is C15H30OS. The molecule has 0 aliphatic rings. The molecular weight excluding hydrogens is 228 g/mol. The Kier molecular flexibility index (Phi) is 14.1. The summed E-state index contributed by atoms with van der Waals surface area (Å²) in [6.07, 6.45) is 15.1. The first kappa shape index (κ1) is 17.0. The van der Waals surface area contributed by atoms with Gasteiger partial charge in [-0.1, -0.05) is 82.9 Å². The van der Waals surface area contributed by atoms with Crippen LogP contribution in [-0.4, -0.2) is 10.9 Å². The predicted octanol–water partition coefficient (Wildman–Crippen LogP) is 5.58. The zero-order valence-corrected chi connectivity index (χ0v) is 12.6. The van der Waals surface area contributed by atoms with E-state index in [4.69, 9.17) is 0 Å². The molecule has 1 nitrogen and oxygen atoms in total. The minimum absolute atomic E-state index is 0.261. The second-order valence-electron chi connectivity index (χ2n) is 4.88. The van der Waals surface area contributed by atoms with Gasteiger partial charge in [0.1, 0.15) is 0 Å². The van der Waals surface area contributed by atoms with Crippen molar-refractivity contribution in [3.8, 4) is 0 Å². The highest BCUT2D eigenvalue weighted by molar-refractivity contribution is 8.13.